The molecule has 3 aliphatic rings. The molecule has 2 aliphatic carbocycles. The van der Waals surface area contributed by atoms with Gasteiger partial charge in [0, 0.05) is 25.2 Å². The van der Waals surface area contributed by atoms with Gasteiger partial charge in [0.25, 0.3) is 0 Å². The Morgan fingerprint density at radius 1 is 1.30 bits per heavy atom. The van der Waals surface area contributed by atoms with E-state index >= 15 is 0 Å². The third-order valence-electron chi connectivity index (χ3n) is 5.45. The molecule has 3 rings (SSSR count). The zero-order valence-electron chi connectivity index (χ0n) is 12.1. The maximum atomic E-state index is 12.4. The van der Waals surface area contributed by atoms with Gasteiger partial charge in [-0.2, -0.15) is 0 Å². The summed E-state index contributed by atoms with van der Waals surface area (Å²) in [5, 5.41) is 0. The lowest BCUT2D eigenvalue weighted by molar-refractivity contribution is -0.230. The molecule has 0 radical (unpaired) electrons. The van der Waals surface area contributed by atoms with Crippen LogP contribution in [0.15, 0.2) is 0 Å². The normalized spacial score (nSPS) is 39.6. The average Bonchev–Trinajstić information content (AvgIpc) is 2.88. The second-order valence-corrected chi connectivity index (χ2v) is 6.47. The molecule has 0 N–H and O–H groups in total. The minimum atomic E-state index is -0.754. The van der Waals surface area contributed by atoms with E-state index in [4.69, 9.17) is 14.2 Å². The van der Waals surface area contributed by atoms with Gasteiger partial charge in [-0.1, -0.05) is 6.92 Å². The third-order valence-corrected chi connectivity index (χ3v) is 5.45. The fourth-order valence-electron chi connectivity index (χ4n) is 4.29. The van der Waals surface area contributed by atoms with Gasteiger partial charge in [-0.05, 0) is 18.3 Å². The highest BCUT2D eigenvalue weighted by molar-refractivity contribution is 5.85. The molecule has 0 aromatic carbocycles. The molecule has 0 unspecified atom stereocenters. The maximum absolute atomic E-state index is 12.4. The van der Waals surface area contributed by atoms with E-state index in [9.17, 15) is 9.59 Å². The molecular weight excluding hydrogens is 260 g/mol. The fraction of sp³-hybridized carbons (Fsp3) is 0.867. The molecule has 0 amide bonds. The Kier molecular flexibility index (Phi) is 3.37. The van der Waals surface area contributed by atoms with Gasteiger partial charge in [0.2, 0.25) is 0 Å². The quantitative estimate of drug-likeness (QED) is 0.685. The van der Waals surface area contributed by atoms with E-state index < -0.39 is 5.79 Å². The van der Waals surface area contributed by atoms with Crippen molar-refractivity contribution in [3.05, 3.63) is 0 Å². The van der Waals surface area contributed by atoms with E-state index in [1.54, 1.807) is 0 Å². The standard InChI is InChI=1S/C15H22O5/c1-14-5-3-4-12(16)10(14)8-15(19-6-7-20-15)9-11(14)13(17)18-2/h10-11H,3-9H2,1-2H3/t10-,11+,14-/m1/s1. The lowest BCUT2D eigenvalue weighted by atomic mass is 9.53. The van der Waals surface area contributed by atoms with Crippen LogP contribution in [-0.4, -0.2) is 37.9 Å². The minimum absolute atomic E-state index is 0.160. The maximum Gasteiger partial charge on any atom is 0.309 e. The fourth-order valence-corrected chi connectivity index (χ4v) is 4.29. The Hall–Kier alpha value is -0.940. The summed E-state index contributed by atoms with van der Waals surface area (Å²) >= 11 is 0. The Morgan fingerprint density at radius 2 is 2.00 bits per heavy atom. The first kappa shape index (κ1) is 14.0. The van der Waals surface area contributed by atoms with Gasteiger partial charge in [0.15, 0.2) is 5.79 Å². The number of rotatable bonds is 1. The highest BCUT2D eigenvalue weighted by atomic mass is 16.7. The molecule has 112 valence electrons. The van der Waals surface area contributed by atoms with Crippen LogP contribution in [0.25, 0.3) is 0 Å². The van der Waals surface area contributed by atoms with Crippen molar-refractivity contribution in [3.8, 4) is 0 Å². The van der Waals surface area contributed by atoms with Crippen LogP contribution in [0.4, 0.5) is 0 Å². The van der Waals surface area contributed by atoms with Gasteiger partial charge in [-0.3, -0.25) is 9.59 Å². The highest BCUT2D eigenvalue weighted by Crippen LogP contribution is 2.56. The molecule has 2 saturated carbocycles. The van der Waals surface area contributed by atoms with Crippen molar-refractivity contribution >= 4 is 11.8 Å². The van der Waals surface area contributed by atoms with Crippen LogP contribution in [0.1, 0.15) is 39.0 Å². The van der Waals surface area contributed by atoms with Crippen molar-refractivity contribution < 1.29 is 23.8 Å². The van der Waals surface area contributed by atoms with E-state index in [0.29, 0.717) is 32.5 Å². The Labute approximate surface area is 118 Å². The van der Waals surface area contributed by atoms with Crippen LogP contribution < -0.4 is 0 Å². The molecule has 20 heavy (non-hydrogen) atoms. The molecule has 5 heteroatoms. The van der Waals surface area contributed by atoms with E-state index in [2.05, 4.69) is 6.92 Å². The predicted octanol–water partition coefficient (Wildman–Crippen LogP) is 1.69. The van der Waals surface area contributed by atoms with Gasteiger partial charge in [-0.25, -0.2) is 0 Å². The summed E-state index contributed by atoms with van der Waals surface area (Å²) in [5.74, 6) is -1.24. The monoisotopic (exact) mass is 282 g/mol. The number of fused-ring (bicyclic) bond motifs is 1. The first-order chi connectivity index (χ1) is 9.51. The zero-order chi connectivity index (χ0) is 14.4. The molecule has 1 aliphatic heterocycles. The summed E-state index contributed by atoms with van der Waals surface area (Å²) in [6, 6.07) is 0. The van der Waals surface area contributed by atoms with Crippen molar-refractivity contribution in [1.82, 2.24) is 0 Å². The number of carbonyl (C=O) groups is 2. The molecule has 1 spiro atoms. The van der Waals surface area contributed by atoms with Crippen molar-refractivity contribution in [2.75, 3.05) is 20.3 Å². The smallest absolute Gasteiger partial charge is 0.309 e. The van der Waals surface area contributed by atoms with Gasteiger partial charge < -0.3 is 14.2 Å². The van der Waals surface area contributed by atoms with Crippen LogP contribution in [0.5, 0.6) is 0 Å². The van der Waals surface area contributed by atoms with E-state index in [1.807, 2.05) is 0 Å². The number of esters is 1. The molecule has 0 bridgehead atoms. The molecule has 0 aromatic rings. The summed E-state index contributed by atoms with van der Waals surface area (Å²) in [4.78, 5) is 24.6. The van der Waals surface area contributed by atoms with Crippen molar-refractivity contribution in [3.63, 3.8) is 0 Å². The van der Waals surface area contributed by atoms with Crippen molar-refractivity contribution in [1.29, 1.82) is 0 Å². The molecular formula is C15H22O5. The summed E-state index contributed by atoms with van der Waals surface area (Å²) < 4.78 is 16.5. The van der Waals surface area contributed by atoms with Crippen LogP contribution in [0.2, 0.25) is 0 Å². The van der Waals surface area contributed by atoms with Gasteiger partial charge >= 0.3 is 5.97 Å². The first-order valence-corrected chi connectivity index (χ1v) is 7.39. The number of ketones is 1. The lowest BCUT2D eigenvalue weighted by Crippen LogP contribution is -2.56. The SMILES string of the molecule is COC(=O)[C@@H]1CC2(C[C@@H]3C(=O)CCC[C@]31C)OCCO2. The zero-order valence-corrected chi connectivity index (χ0v) is 12.1. The molecule has 3 atom stereocenters. The number of hydrogen-bond acceptors (Lipinski definition) is 5. The molecule has 3 fully saturated rings. The topological polar surface area (TPSA) is 61.8 Å². The third kappa shape index (κ3) is 1.99. The van der Waals surface area contributed by atoms with Gasteiger partial charge in [-0.15, -0.1) is 0 Å². The van der Waals surface area contributed by atoms with Crippen LogP contribution in [-0.2, 0) is 23.8 Å². The first-order valence-electron chi connectivity index (χ1n) is 7.39. The molecule has 1 heterocycles. The minimum Gasteiger partial charge on any atom is -0.469 e. The van der Waals surface area contributed by atoms with Gasteiger partial charge in [0.1, 0.15) is 5.78 Å². The van der Waals surface area contributed by atoms with E-state index in [0.717, 1.165) is 12.8 Å². The number of ether oxygens (including phenoxy) is 3. The van der Waals surface area contributed by atoms with Crippen LogP contribution >= 0.6 is 0 Å². The average molecular weight is 282 g/mol. The highest BCUT2D eigenvalue weighted by Gasteiger charge is 2.60. The number of Topliss-reactive ketones (excluding diaryl/α,β-unsaturated/α-hetero) is 1. The number of carbonyl (C=O) groups excluding carboxylic acids is 2. The van der Waals surface area contributed by atoms with Crippen LogP contribution in [0.3, 0.4) is 0 Å². The van der Waals surface area contributed by atoms with Crippen molar-refractivity contribution in [2.45, 2.75) is 44.8 Å². The number of methoxy groups -OCH3 is 1. The Morgan fingerprint density at radius 3 is 2.65 bits per heavy atom. The van der Waals surface area contributed by atoms with E-state index in [-0.39, 0.29) is 29.0 Å². The summed E-state index contributed by atoms with van der Waals surface area (Å²) in [5.41, 5.74) is -0.316. The molecule has 5 nitrogen and oxygen atoms in total. The second kappa shape index (κ2) is 4.81. The molecule has 0 aromatic heterocycles. The molecule has 1 saturated heterocycles. The summed E-state index contributed by atoms with van der Waals surface area (Å²) in [6.45, 7) is 3.12. The Bertz CT molecular complexity index is 426. The van der Waals surface area contributed by atoms with Gasteiger partial charge in [0.05, 0.1) is 26.2 Å². The number of hydrogen-bond donors (Lipinski definition) is 0. The second-order valence-electron chi connectivity index (χ2n) is 6.47. The Balaban J connectivity index is 1.97. The predicted molar refractivity (Wildman–Crippen MR) is 69.8 cm³/mol. The van der Waals surface area contributed by atoms with Crippen molar-refractivity contribution in [2.24, 2.45) is 17.3 Å². The van der Waals surface area contributed by atoms with Crippen LogP contribution in [0, 0.1) is 17.3 Å². The van der Waals surface area contributed by atoms with E-state index in [1.165, 1.54) is 7.11 Å². The largest absolute Gasteiger partial charge is 0.469 e. The lowest BCUT2D eigenvalue weighted by Gasteiger charge is -2.52. The summed E-state index contributed by atoms with van der Waals surface area (Å²) in [6.07, 6.45) is 3.42. The summed E-state index contributed by atoms with van der Waals surface area (Å²) in [7, 11) is 1.41.